The van der Waals surface area contributed by atoms with E-state index < -0.39 is 0 Å². The van der Waals surface area contributed by atoms with Gasteiger partial charge in [0.25, 0.3) is 0 Å². The zero-order valence-electron chi connectivity index (χ0n) is 9.25. The van der Waals surface area contributed by atoms with Gasteiger partial charge < -0.3 is 10.6 Å². The molecule has 84 valence electrons. The van der Waals surface area contributed by atoms with Crippen LogP contribution in [0.15, 0.2) is 6.20 Å². The molecular formula is C11H19N3S. The molecule has 0 saturated carbocycles. The maximum absolute atomic E-state index is 4.24. The fraction of sp³-hybridized carbons (Fsp3) is 0.727. The number of rotatable bonds is 5. The number of thiazole rings is 1. The van der Waals surface area contributed by atoms with Crippen molar-refractivity contribution in [2.24, 2.45) is 5.92 Å². The first-order valence-corrected chi connectivity index (χ1v) is 6.49. The maximum Gasteiger partial charge on any atom is 0.0897 e. The summed E-state index contributed by atoms with van der Waals surface area (Å²) in [6.07, 6.45) is 4.62. The van der Waals surface area contributed by atoms with Gasteiger partial charge in [0.15, 0.2) is 0 Å². The van der Waals surface area contributed by atoms with Crippen molar-refractivity contribution in [3.63, 3.8) is 0 Å². The number of nitrogens with zero attached hydrogens (tertiary/aromatic N) is 1. The van der Waals surface area contributed by atoms with Crippen molar-refractivity contribution in [1.82, 2.24) is 15.6 Å². The largest absolute Gasteiger partial charge is 0.316 e. The van der Waals surface area contributed by atoms with Crippen molar-refractivity contribution in [2.45, 2.75) is 26.3 Å². The summed E-state index contributed by atoms with van der Waals surface area (Å²) < 4.78 is 0. The van der Waals surface area contributed by atoms with Gasteiger partial charge in [0.2, 0.25) is 0 Å². The summed E-state index contributed by atoms with van der Waals surface area (Å²) in [6.45, 7) is 6.58. The summed E-state index contributed by atoms with van der Waals surface area (Å²) in [7, 11) is 0. The lowest BCUT2D eigenvalue weighted by Gasteiger charge is -2.08. The van der Waals surface area contributed by atoms with Gasteiger partial charge in [0.05, 0.1) is 5.01 Å². The van der Waals surface area contributed by atoms with E-state index in [1.54, 1.807) is 11.3 Å². The van der Waals surface area contributed by atoms with Crippen LogP contribution in [0.3, 0.4) is 0 Å². The predicted molar refractivity (Wildman–Crippen MR) is 64.2 cm³/mol. The molecule has 15 heavy (non-hydrogen) atoms. The van der Waals surface area contributed by atoms with Crippen LogP contribution >= 0.6 is 11.3 Å². The van der Waals surface area contributed by atoms with Crippen molar-refractivity contribution in [2.75, 3.05) is 19.6 Å². The molecule has 0 aliphatic carbocycles. The Kier molecular flexibility index (Phi) is 4.11. The van der Waals surface area contributed by atoms with Crippen molar-refractivity contribution in [1.29, 1.82) is 0 Å². The van der Waals surface area contributed by atoms with Crippen LogP contribution < -0.4 is 10.6 Å². The molecule has 0 bridgehead atoms. The van der Waals surface area contributed by atoms with Gasteiger partial charge in [-0.15, -0.1) is 11.3 Å². The molecule has 0 spiro atoms. The Labute approximate surface area is 95.3 Å². The Balaban J connectivity index is 1.58. The lowest BCUT2D eigenvalue weighted by atomic mass is 10.1. The van der Waals surface area contributed by atoms with E-state index in [1.807, 2.05) is 6.20 Å². The molecule has 4 heteroatoms. The molecule has 1 aliphatic rings. The molecule has 2 N–H and O–H groups in total. The molecule has 1 aliphatic heterocycles. The zero-order valence-corrected chi connectivity index (χ0v) is 10.1. The molecule has 2 heterocycles. The minimum Gasteiger partial charge on any atom is -0.316 e. The Morgan fingerprint density at radius 2 is 2.60 bits per heavy atom. The summed E-state index contributed by atoms with van der Waals surface area (Å²) in [5.41, 5.74) is 0. The van der Waals surface area contributed by atoms with Crippen LogP contribution in [0.1, 0.15) is 22.7 Å². The molecule has 2 rings (SSSR count). The number of aromatic nitrogens is 1. The number of hydrogen-bond donors (Lipinski definition) is 2. The number of nitrogens with one attached hydrogen (secondary N) is 2. The molecule has 0 radical (unpaired) electrons. The number of aryl methyl sites for hydroxylation is 1. The SMILES string of the molecule is Cc1ncc(CNCCC2CCNC2)s1. The monoisotopic (exact) mass is 225 g/mol. The van der Waals surface area contributed by atoms with Gasteiger partial charge in [-0.3, -0.25) is 0 Å². The minimum atomic E-state index is 0.890. The second kappa shape index (κ2) is 5.58. The topological polar surface area (TPSA) is 37.0 Å². The van der Waals surface area contributed by atoms with Crippen molar-refractivity contribution in [3.8, 4) is 0 Å². The van der Waals surface area contributed by atoms with E-state index in [9.17, 15) is 0 Å². The molecule has 3 nitrogen and oxygen atoms in total. The molecule has 1 aromatic rings. The van der Waals surface area contributed by atoms with Gasteiger partial charge in [0.1, 0.15) is 0 Å². The molecule has 1 unspecified atom stereocenters. The van der Waals surface area contributed by atoms with E-state index in [0.29, 0.717) is 0 Å². The van der Waals surface area contributed by atoms with Crippen LogP contribution in [0.2, 0.25) is 0 Å². The highest BCUT2D eigenvalue weighted by Crippen LogP contribution is 2.12. The maximum atomic E-state index is 4.24. The van der Waals surface area contributed by atoms with Crippen LogP contribution in [-0.4, -0.2) is 24.6 Å². The third-order valence-corrected chi connectivity index (χ3v) is 3.77. The summed E-state index contributed by atoms with van der Waals surface area (Å²) in [6, 6.07) is 0. The third kappa shape index (κ3) is 3.55. The minimum absolute atomic E-state index is 0.890. The molecule has 0 aromatic carbocycles. The second-order valence-electron chi connectivity index (χ2n) is 4.17. The van der Waals surface area contributed by atoms with Gasteiger partial charge in [-0.1, -0.05) is 0 Å². The van der Waals surface area contributed by atoms with Gasteiger partial charge in [-0.2, -0.15) is 0 Å². The summed E-state index contributed by atoms with van der Waals surface area (Å²) in [5.74, 6) is 0.890. The molecular weight excluding hydrogens is 206 g/mol. The van der Waals surface area contributed by atoms with Gasteiger partial charge in [0, 0.05) is 17.6 Å². The fourth-order valence-electron chi connectivity index (χ4n) is 1.97. The summed E-state index contributed by atoms with van der Waals surface area (Å²) in [5, 5.41) is 8.04. The molecule has 1 fully saturated rings. The normalized spacial score (nSPS) is 21.0. The van der Waals surface area contributed by atoms with E-state index in [1.165, 1.54) is 30.8 Å². The highest BCUT2D eigenvalue weighted by atomic mass is 32.1. The molecule has 1 saturated heterocycles. The Morgan fingerprint density at radius 3 is 3.27 bits per heavy atom. The number of hydrogen-bond acceptors (Lipinski definition) is 4. The van der Waals surface area contributed by atoms with Crippen molar-refractivity contribution >= 4 is 11.3 Å². The first-order chi connectivity index (χ1) is 7.34. The summed E-state index contributed by atoms with van der Waals surface area (Å²) >= 11 is 1.78. The Morgan fingerprint density at radius 1 is 1.67 bits per heavy atom. The fourth-order valence-corrected chi connectivity index (χ4v) is 2.73. The molecule has 0 amide bonds. The van der Waals surface area contributed by atoms with E-state index >= 15 is 0 Å². The van der Waals surface area contributed by atoms with E-state index in [4.69, 9.17) is 0 Å². The Bertz CT molecular complexity index is 292. The Hall–Kier alpha value is -0.450. The highest BCUT2D eigenvalue weighted by molar-refractivity contribution is 7.11. The standard InChI is InChI=1S/C11H19N3S/c1-9-14-8-11(15-9)7-13-5-3-10-2-4-12-6-10/h8,10,12-13H,2-7H2,1H3. The average Bonchev–Trinajstić information content (AvgIpc) is 2.84. The first kappa shape index (κ1) is 11.0. The van der Waals surface area contributed by atoms with Crippen LogP contribution in [0.4, 0.5) is 0 Å². The lowest BCUT2D eigenvalue weighted by molar-refractivity contribution is 0.501. The van der Waals surface area contributed by atoms with Crippen molar-refractivity contribution < 1.29 is 0 Å². The van der Waals surface area contributed by atoms with Gasteiger partial charge in [-0.05, 0) is 45.3 Å². The van der Waals surface area contributed by atoms with Gasteiger partial charge >= 0.3 is 0 Å². The third-order valence-electron chi connectivity index (χ3n) is 2.86. The van der Waals surface area contributed by atoms with Crippen LogP contribution in [0, 0.1) is 12.8 Å². The average molecular weight is 225 g/mol. The van der Waals surface area contributed by atoms with Crippen LogP contribution in [0.25, 0.3) is 0 Å². The highest BCUT2D eigenvalue weighted by Gasteiger charge is 2.13. The van der Waals surface area contributed by atoms with Crippen LogP contribution in [-0.2, 0) is 6.54 Å². The van der Waals surface area contributed by atoms with E-state index in [-0.39, 0.29) is 0 Å². The van der Waals surface area contributed by atoms with Crippen molar-refractivity contribution in [3.05, 3.63) is 16.1 Å². The first-order valence-electron chi connectivity index (χ1n) is 5.67. The summed E-state index contributed by atoms with van der Waals surface area (Å²) in [4.78, 5) is 5.59. The second-order valence-corrected chi connectivity index (χ2v) is 5.49. The predicted octanol–water partition coefficient (Wildman–Crippen LogP) is 1.54. The smallest absolute Gasteiger partial charge is 0.0897 e. The van der Waals surface area contributed by atoms with E-state index in [2.05, 4.69) is 22.5 Å². The molecule has 1 atom stereocenters. The van der Waals surface area contributed by atoms with Gasteiger partial charge in [-0.25, -0.2) is 4.98 Å². The zero-order chi connectivity index (χ0) is 10.5. The molecule has 1 aromatic heterocycles. The van der Waals surface area contributed by atoms with Crippen LogP contribution in [0.5, 0.6) is 0 Å². The van der Waals surface area contributed by atoms with E-state index in [0.717, 1.165) is 24.0 Å². The quantitative estimate of drug-likeness (QED) is 0.746. The lowest BCUT2D eigenvalue weighted by Crippen LogP contribution is -2.18.